The molecule has 0 aliphatic rings. The number of carbonyl (C=O) groups is 1. The highest BCUT2D eigenvalue weighted by molar-refractivity contribution is 5.94. The number of hydrogen-bond acceptors (Lipinski definition) is 3. The number of aliphatic hydroxyl groups is 1. The zero-order valence-corrected chi connectivity index (χ0v) is 11.1. The van der Waals surface area contributed by atoms with Crippen molar-refractivity contribution in [3.05, 3.63) is 65.7 Å². The summed E-state index contributed by atoms with van der Waals surface area (Å²) in [5, 5.41) is 12.2. The molecule has 20 heavy (non-hydrogen) atoms. The predicted octanol–water partition coefficient (Wildman–Crippen LogP) is 1.60. The summed E-state index contributed by atoms with van der Waals surface area (Å²) in [6, 6.07) is 16.1. The Morgan fingerprint density at radius 1 is 1.10 bits per heavy atom. The highest BCUT2D eigenvalue weighted by atomic mass is 16.3. The maximum Gasteiger partial charge on any atom is 0.251 e. The molecular weight excluding hydrogens is 252 g/mol. The number of hydrogen-bond donors (Lipinski definition) is 3. The Morgan fingerprint density at radius 3 is 2.35 bits per heavy atom. The van der Waals surface area contributed by atoms with Crippen LogP contribution in [0.25, 0.3) is 0 Å². The summed E-state index contributed by atoms with van der Waals surface area (Å²) in [7, 11) is 0. The van der Waals surface area contributed by atoms with Gasteiger partial charge in [-0.25, -0.2) is 0 Å². The fourth-order valence-corrected chi connectivity index (χ4v) is 1.96. The summed E-state index contributed by atoms with van der Waals surface area (Å²) in [6.07, 6.45) is 0.595. The van der Waals surface area contributed by atoms with Crippen molar-refractivity contribution < 1.29 is 9.90 Å². The smallest absolute Gasteiger partial charge is 0.251 e. The van der Waals surface area contributed by atoms with Crippen molar-refractivity contribution in [2.45, 2.75) is 12.5 Å². The Kier molecular flexibility index (Phi) is 4.74. The molecule has 0 fully saturated rings. The summed E-state index contributed by atoms with van der Waals surface area (Å²) in [4.78, 5) is 12.1. The van der Waals surface area contributed by atoms with Crippen LogP contribution in [-0.4, -0.2) is 23.7 Å². The van der Waals surface area contributed by atoms with E-state index < -0.39 is 0 Å². The summed E-state index contributed by atoms with van der Waals surface area (Å²) >= 11 is 0. The average Bonchev–Trinajstić information content (AvgIpc) is 2.48. The van der Waals surface area contributed by atoms with Gasteiger partial charge in [0.05, 0.1) is 12.6 Å². The van der Waals surface area contributed by atoms with Crippen LogP contribution in [-0.2, 0) is 6.42 Å². The molecule has 0 bridgehead atoms. The van der Waals surface area contributed by atoms with Gasteiger partial charge in [-0.1, -0.05) is 30.3 Å². The molecule has 0 unspecified atom stereocenters. The van der Waals surface area contributed by atoms with Crippen molar-refractivity contribution in [2.75, 3.05) is 12.3 Å². The maximum absolute atomic E-state index is 12.1. The minimum atomic E-state index is -0.303. The van der Waals surface area contributed by atoms with E-state index in [1.54, 1.807) is 24.3 Å². The van der Waals surface area contributed by atoms with E-state index in [9.17, 15) is 9.90 Å². The third-order valence-corrected chi connectivity index (χ3v) is 3.05. The molecule has 0 aliphatic heterocycles. The number of rotatable bonds is 5. The van der Waals surface area contributed by atoms with Gasteiger partial charge in [-0.05, 0) is 36.2 Å². The maximum atomic E-state index is 12.1. The number of aliphatic hydroxyl groups excluding tert-OH is 1. The van der Waals surface area contributed by atoms with Crippen LogP contribution in [0.4, 0.5) is 5.69 Å². The fraction of sp³-hybridized carbons (Fsp3) is 0.188. The lowest BCUT2D eigenvalue weighted by molar-refractivity contribution is 0.0916. The molecule has 4 nitrogen and oxygen atoms in total. The lowest BCUT2D eigenvalue weighted by Crippen LogP contribution is -2.39. The second-order valence-electron chi connectivity index (χ2n) is 4.66. The molecule has 104 valence electrons. The molecule has 2 rings (SSSR count). The normalized spacial score (nSPS) is 11.8. The lowest BCUT2D eigenvalue weighted by atomic mass is 10.1. The number of benzene rings is 2. The number of nitrogens with two attached hydrogens (primary N) is 1. The second kappa shape index (κ2) is 6.73. The number of nitrogens with one attached hydrogen (secondary N) is 1. The van der Waals surface area contributed by atoms with Gasteiger partial charge >= 0.3 is 0 Å². The highest BCUT2D eigenvalue weighted by Gasteiger charge is 2.13. The Morgan fingerprint density at radius 2 is 1.75 bits per heavy atom. The molecule has 0 heterocycles. The first kappa shape index (κ1) is 14.1. The van der Waals surface area contributed by atoms with Crippen LogP contribution in [0.5, 0.6) is 0 Å². The van der Waals surface area contributed by atoms with Crippen LogP contribution in [0, 0.1) is 0 Å². The van der Waals surface area contributed by atoms with E-state index in [1.807, 2.05) is 30.3 Å². The van der Waals surface area contributed by atoms with Gasteiger partial charge in [-0.3, -0.25) is 4.79 Å². The summed E-state index contributed by atoms with van der Waals surface area (Å²) in [5.41, 5.74) is 7.81. The van der Waals surface area contributed by atoms with Crippen molar-refractivity contribution in [1.82, 2.24) is 5.32 Å². The van der Waals surface area contributed by atoms with Gasteiger partial charge in [-0.15, -0.1) is 0 Å². The first-order chi connectivity index (χ1) is 9.69. The average molecular weight is 270 g/mol. The molecule has 0 saturated heterocycles. The van der Waals surface area contributed by atoms with Crippen molar-refractivity contribution in [3.63, 3.8) is 0 Å². The first-order valence-electron chi connectivity index (χ1n) is 6.50. The third kappa shape index (κ3) is 3.83. The number of amides is 1. The quantitative estimate of drug-likeness (QED) is 0.722. The van der Waals surface area contributed by atoms with E-state index in [2.05, 4.69) is 5.32 Å². The zero-order chi connectivity index (χ0) is 14.4. The van der Waals surface area contributed by atoms with E-state index in [-0.39, 0.29) is 18.6 Å². The molecule has 0 spiro atoms. The van der Waals surface area contributed by atoms with Gasteiger partial charge < -0.3 is 16.2 Å². The van der Waals surface area contributed by atoms with E-state index in [0.717, 1.165) is 5.56 Å². The minimum absolute atomic E-state index is 0.102. The highest BCUT2D eigenvalue weighted by Crippen LogP contribution is 2.07. The second-order valence-corrected chi connectivity index (χ2v) is 4.66. The molecule has 4 heteroatoms. The standard InChI is InChI=1S/C16H18N2O2/c17-14-8-6-13(7-9-14)16(20)18-15(11-19)10-12-4-2-1-3-5-12/h1-9,15,19H,10-11,17H2,(H,18,20)/t15-/m1/s1. The fourth-order valence-electron chi connectivity index (χ4n) is 1.96. The Labute approximate surface area is 118 Å². The van der Waals surface area contributed by atoms with Gasteiger partial charge in [0.1, 0.15) is 0 Å². The summed E-state index contributed by atoms with van der Waals surface area (Å²) in [6.45, 7) is -0.102. The van der Waals surface area contributed by atoms with Gasteiger partial charge in [0.15, 0.2) is 0 Å². The van der Waals surface area contributed by atoms with E-state index in [0.29, 0.717) is 17.7 Å². The van der Waals surface area contributed by atoms with E-state index in [1.165, 1.54) is 0 Å². The molecule has 0 radical (unpaired) electrons. The molecular formula is C16H18N2O2. The monoisotopic (exact) mass is 270 g/mol. The first-order valence-corrected chi connectivity index (χ1v) is 6.50. The van der Waals surface area contributed by atoms with Crippen molar-refractivity contribution in [3.8, 4) is 0 Å². The molecule has 2 aromatic carbocycles. The molecule has 0 aliphatic carbocycles. The SMILES string of the molecule is Nc1ccc(C(=O)N[C@@H](CO)Cc2ccccc2)cc1. The Balaban J connectivity index is 1.99. The van der Waals surface area contributed by atoms with Crippen molar-refractivity contribution in [1.29, 1.82) is 0 Å². The summed E-state index contributed by atoms with van der Waals surface area (Å²) in [5.74, 6) is -0.208. The van der Waals surface area contributed by atoms with Crippen LogP contribution in [0.3, 0.4) is 0 Å². The molecule has 0 aromatic heterocycles. The Hall–Kier alpha value is -2.33. The van der Waals surface area contributed by atoms with Gasteiger partial charge in [0.25, 0.3) is 5.91 Å². The minimum Gasteiger partial charge on any atom is -0.399 e. The van der Waals surface area contributed by atoms with Crippen LogP contribution in [0.2, 0.25) is 0 Å². The van der Waals surface area contributed by atoms with E-state index >= 15 is 0 Å². The predicted molar refractivity (Wildman–Crippen MR) is 79.3 cm³/mol. The van der Waals surface area contributed by atoms with Gasteiger partial charge in [-0.2, -0.15) is 0 Å². The van der Waals surface area contributed by atoms with E-state index in [4.69, 9.17) is 5.73 Å². The topological polar surface area (TPSA) is 75.4 Å². The van der Waals surface area contributed by atoms with Gasteiger partial charge in [0.2, 0.25) is 0 Å². The van der Waals surface area contributed by atoms with Crippen molar-refractivity contribution >= 4 is 11.6 Å². The largest absolute Gasteiger partial charge is 0.399 e. The number of nitrogen functional groups attached to an aromatic ring is 1. The van der Waals surface area contributed by atoms with Crippen LogP contribution in [0.15, 0.2) is 54.6 Å². The third-order valence-electron chi connectivity index (χ3n) is 3.05. The van der Waals surface area contributed by atoms with Gasteiger partial charge in [0, 0.05) is 11.3 Å². The number of anilines is 1. The molecule has 0 saturated carbocycles. The molecule has 1 atom stereocenters. The molecule has 4 N–H and O–H groups in total. The lowest BCUT2D eigenvalue weighted by Gasteiger charge is -2.16. The van der Waals surface area contributed by atoms with Crippen LogP contribution < -0.4 is 11.1 Å². The van der Waals surface area contributed by atoms with Crippen LogP contribution in [0.1, 0.15) is 15.9 Å². The number of carbonyl (C=O) groups excluding carboxylic acids is 1. The molecule has 2 aromatic rings. The molecule has 1 amide bonds. The summed E-state index contributed by atoms with van der Waals surface area (Å²) < 4.78 is 0. The van der Waals surface area contributed by atoms with Crippen LogP contribution >= 0.6 is 0 Å². The zero-order valence-electron chi connectivity index (χ0n) is 11.1. The van der Waals surface area contributed by atoms with Crippen molar-refractivity contribution in [2.24, 2.45) is 0 Å². The Bertz CT molecular complexity index is 552.